The second-order valence-corrected chi connectivity index (χ2v) is 5.41. The minimum atomic E-state index is -3.46. The highest BCUT2D eigenvalue weighted by Crippen LogP contribution is 2.40. The minimum Gasteiger partial charge on any atom is -0.375 e. The van der Waals surface area contributed by atoms with E-state index in [2.05, 4.69) is 0 Å². The van der Waals surface area contributed by atoms with Crippen molar-refractivity contribution in [2.45, 2.75) is 46.3 Å². The summed E-state index contributed by atoms with van der Waals surface area (Å²) in [6, 6.07) is 0. The molecule has 1 N–H and O–H groups in total. The first-order valence-corrected chi connectivity index (χ1v) is 7.38. The molecule has 4 nitrogen and oxygen atoms in total. The van der Waals surface area contributed by atoms with E-state index in [1.165, 1.54) is 0 Å². The maximum atomic E-state index is 11.0. The Balaban J connectivity index is 0.00000106. The fraction of sp³-hybridized carbons (Fsp3) is 1.00. The molecule has 1 heterocycles. The van der Waals surface area contributed by atoms with Gasteiger partial charge in [-0.2, -0.15) is 0 Å². The molecule has 0 spiro atoms. The Morgan fingerprint density at radius 1 is 1.67 bits per heavy atom. The van der Waals surface area contributed by atoms with Gasteiger partial charge in [0.25, 0.3) is 0 Å². The zero-order valence-electron chi connectivity index (χ0n) is 11.1. The van der Waals surface area contributed by atoms with Crippen LogP contribution >= 0.6 is 7.60 Å². The Morgan fingerprint density at radius 2 is 2.20 bits per heavy atom. The third-order valence-corrected chi connectivity index (χ3v) is 2.83. The summed E-state index contributed by atoms with van der Waals surface area (Å²) in [5.41, 5.74) is 0. The minimum absolute atomic E-state index is 0.194. The van der Waals surface area contributed by atoms with Crippen LogP contribution < -0.4 is 0 Å². The maximum Gasteiger partial charge on any atom is 0.325 e. The summed E-state index contributed by atoms with van der Waals surface area (Å²) in [6.45, 7) is 8.28. The summed E-state index contributed by atoms with van der Waals surface area (Å²) in [6.07, 6.45) is -0.0447. The van der Waals surface area contributed by atoms with Crippen molar-refractivity contribution in [3.63, 3.8) is 0 Å². The zero-order chi connectivity index (χ0) is 12.9. The van der Waals surface area contributed by atoms with Crippen LogP contribution in [-0.4, -0.2) is 30.3 Å². The summed E-state index contributed by atoms with van der Waals surface area (Å²) in [7, 11) is -3.46. The first-order chi connectivity index (χ1) is 7.29. The van der Waals surface area contributed by atoms with Crippen LogP contribution in [0.2, 0.25) is 0 Å². The van der Waals surface area contributed by atoms with Gasteiger partial charge in [-0.15, -0.1) is 0 Å². The van der Waals surface area contributed by atoms with Crippen LogP contribution in [0.1, 0.15) is 35.5 Å². The predicted octanol–water partition coefficient (Wildman–Crippen LogP) is 2.66. The summed E-state index contributed by atoms with van der Waals surface area (Å²) in [5, 5.41) is 0. The summed E-state index contributed by atoms with van der Waals surface area (Å²) in [4.78, 5) is 9.03. The first-order valence-electron chi connectivity index (χ1n) is 5.93. The highest BCUT2D eigenvalue weighted by molar-refractivity contribution is 7.51. The quantitative estimate of drug-likeness (QED) is 0.770. The molecule has 92 valence electrons. The van der Waals surface area contributed by atoms with Gasteiger partial charge in [-0.1, -0.05) is 20.8 Å². The zero-order valence-corrected chi connectivity index (χ0v) is 11.0. The average Bonchev–Trinajstić information content (AvgIpc) is 2.46. The van der Waals surface area contributed by atoms with Crippen LogP contribution in [0.25, 0.3) is 0 Å². The fourth-order valence-corrected chi connectivity index (χ4v) is 2.27. The lowest BCUT2D eigenvalue weighted by molar-refractivity contribution is 0.00202. The molecule has 0 saturated carbocycles. The standard InChI is InChI=1S/C8H17O4P.C2H6/c1-6-4-5-11-8(6)7(2)12-13(3,9)10;1-2/h6-8H,4-5H2,1-3H3,(H,9,10);1-2H3/t6-,7-,8-;/m0./s1/i5T;/t5-,6+,7+,8+;/m1.. The number of rotatable bonds is 3. The maximum absolute atomic E-state index is 11.0. The Hall–Kier alpha value is 0.110. The molecule has 1 unspecified atom stereocenters. The number of hydrogen-bond donors (Lipinski definition) is 1. The van der Waals surface area contributed by atoms with Gasteiger partial charge in [-0.25, -0.2) is 0 Å². The van der Waals surface area contributed by atoms with Gasteiger partial charge in [0.2, 0.25) is 0 Å². The van der Waals surface area contributed by atoms with Gasteiger partial charge in [0.05, 0.1) is 13.6 Å². The normalized spacial score (nSPS) is 37.2. The lowest BCUT2D eigenvalue weighted by Crippen LogP contribution is -2.29. The molecule has 0 radical (unpaired) electrons. The largest absolute Gasteiger partial charge is 0.375 e. The van der Waals surface area contributed by atoms with Crippen LogP contribution in [0.15, 0.2) is 0 Å². The van der Waals surface area contributed by atoms with Gasteiger partial charge < -0.3 is 14.2 Å². The molecule has 1 aliphatic heterocycles. The molecular weight excluding hydrogens is 215 g/mol. The smallest absolute Gasteiger partial charge is 0.325 e. The van der Waals surface area contributed by atoms with E-state index in [1.54, 1.807) is 6.92 Å². The lowest BCUT2D eigenvalue weighted by Gasteiger charge is -2.23. The van der Waals surface area contributed by atoms with Crippen LogP contribution in [0.5, 0.6) is 0 Å². The predicted molar refractivity (Wildman–Crippen MR) is 61.2 cm³/mol. The summed E-state index contributed by atoms with van der Waals surface area (Å²) in [5.74, 6) is 0.194. The molecule has 0 aromatic carbocycles. The Labute approximate surface area is 93.9 Å². The molecular formula is C10H23O4P. The van der Waals surface area contributed by atoms with E-state index in [4.69, 9.17) is 15.5 Å². The molecule has 1 saturated heterocycles. The summed E-state index contributed by atoms with van der Waals surface area (Å²) >= 11 is 0. The summed E-state index contributed by atoms with van der Waals surface area (Å²) < 4.78 is 28.6. The monoisotopic (exact) mass is 240 g/mol. The first kappa shape index (κ1) is 13.2. The van der Waals surface area contributed by atoms with E-state index in [9.17, 15) is 4.57 Å². The molecule has 1 fully saturated rings. The van der Waals surface area contributed by atoms with Gasteiger partial charge in [0.15, 0.2) is 0 Å². The fourth-order valence-electron chi connectivity index (χ4n) is 1.53. The van der Waals surface area contributed by atoms with Gasteiger partial charge in [-0.3, -0.25) is 4.57 Å². The Kier molecular flexibility index (Phi) is 5.83. The lowest BCUT2D eigenvalue weighted by atomic mass is 10.0. The molecule has 0 aliphatic carbocycles. The van der Waals surface area contributed by atoms with Crippen molar-refractivity contribution in [1.29, 1.82) is 0 Å². The van der Waals surface area contributed by atoms with Crippen LogP contribution in [0.3, 0.4) is 0 Å². The Bertz CT molecular complexity index is 243. The third kappa shape index (κ3) is 5.67. The molecule has 5 atom stereocenters. The molecule has 5 heteroatoms. The molecule has 0 amide bonds. The van der Waals surface area contributed by atoms with E-state index in [-0.39, 0.29) is 12.0 Å². The average molecular weight is 240 g/mol. The van der Waals surface area contributed by atoms with Crippen molar-refractivity contribution in [3.05, 3.63) is 0 Å². The molecule has 0 bridgehead atoms. The second-order valence-electron chi connectivity index (χ2n) is 3.59. The van der Waals surface area contributed by atoms with Crippen molar-refractivity contribution in [2.75, 3.05) is 13.2 Å². The van der Waals surface area contributed by atoms with Crippen molar-refractivity contribution in [3.8, 4) is 0 Å². The molecule has 0 aromatic heterocycles. The van der Waals surface area contributed by atoms with Crippen LogP contribution in [0.4, 0.5) is 0 Å². The Morgan fingerprint density at radius 3 is 2.53 bits per heavy atom. The molecule has 0 aromatic rings. The van der Waals surface area contributed by atoms with Gasteiger partial charge in [0.1, 0.15) is 0 Å². The number of hydrogen-bond acceptors (Lipinski definition) is 3. The van der Waals surface area contributed by atoms with Crippen LogP contribution in [0, 0.1) is 5.92 Å². The topological polar surface area (TPSA) is 55.8 Å². The SMILES string of the molecule is CC.[3H][C@@H]1C[C@H](C)[C@@H]([C@H](C)OP(C)(=O)O)O1. The van der Waals surface area contributed by atoms with E-state index in [0.717, 1.165) is 6.66 Å². The van der Waals surface area contributed by atoms with Crippen molar-refractivity contribution >= 4 is 7.60 Å². The molecule has 1 rings (SSSR count). The van der Waals surface area contributed by atoms with E-state index in [0.29, 0.717) is 6.42 Å². The van der Waals surface area contributed by atoms with Gasteiger partial charge >= 0.3 is 7.60 Å². The van der Waals surface area contributed by atoms with Crippen molar-refractivity contribution in [1.82, 2.24) is 0 Å². The molecule has 1 aliphatic rings. The highest BCUT2D eigenvalue weighted by atomic mass is 31.2. The van der Waals surface area contributed by atoms with Gasteiger partial charge in [-0.05, 0) is 19.3 Å². The highest BCUT2D eigenvalue weighted by Gasteiger charge is 2.32. The van der Waals surface area contributed by atoms with E-state index >= 15 is 0 Å². The van der Waals surface area contributed by atoms with Crippen LogP contribution in [-0.2, 0) is 13.8 Å². The van der Waals surface area contributed by atoms with Crippen molar-refractivity contribution in [2.24, 2.45) is 5.92 Å². The second kappa shape index (κ2) is 6.64. The third-order valence-electron chi connectivity index (χ3n) is 2.11. The van der Waals surface area contributed by atoms with Gasteiger partial charge in [0, 0.05) is 13.2 Å². The number of ether oxygens (including phenoxy) is 1. The van der Waals surface area contributed by atoms with Crippen molar-refractivity contribution < 1.29 is 20.1 Å². The van der Waals surface area contributed by atoms with E-state index < -0.39 is 20.3 Å². The van der Waals surface area contributed by atoms with E-state index in [1.807, 2.05) is 20.8 Å². The molecule has 15 heavy (non-hydrogen) atoms.